The van der Waals surface area contributed by atoms with E-state index < -0.39 is 0 Å². The van der Waals surface area contributed by atoms with E-state index in [1.54, 1.807) is 11.3 Å². The maximum absolute atomic E-state index is 6.05. The van der Waals surface area contributed by atoms with E-state index in [0.29, 0.717) is 0 Å². The van der Waals surface area contributed by atoms with Gasteiger partial charge in [0.1, 0.15) is 0 Å². The second-order valence-corrected chi connectivity index (χ2v) is 5.44. The molecule has 1 aromatic carbocycles. The molecule has 0 aliphatic rings. The molecule has 0 amide bonds. The van der Waals surface area contributed by atoms with Gasteiger partial charge in [-0.1, -0.05) is 43.3 Å². The van der Waals surface area contributed by atoms with Crippen LogP contribution in [-0.4, -0.2) is 19.7 Å². The number of hydrogen-bond donors (Lipinski definition) is 1. The van der Waals surface area contributed by atoms with E-state index >= 15 is 0 Å². The van der Waals surface area contributed by atoms with Crippen LogP contribution < -0.4 is 5.32 Å². The van der Waals surface area contributed by atoms with Gasteiger partial charge >= 0.3 is 0 Å². The molecule has 0 saturated carbocycles. The molecule has 102 valence electrons. The molecule has 1 heterocycles. The average Bonchev–Trinajstić information content (AvgIpc) is 2.97. The van der Waals surface area contributed by atoms with E-state index in [-0.39, 0.29) is 6.10 Å². The first-order chi connectivity index (χ1) is 9.40. The minimum atomic E-state index is 0.140. The topological polar surface area (TPSA) is 21.3 Å². The van der Waals surface area contributed by atoms with Crippen molar-refractivity contribution >= 4 is 11.3 Å². The Morgan fingerprint density at radius 1 is 1.16 bits per heavy atom. The van der Waals surface area contributed by atoms with Crippen molar-refractivity contribution in [3.05, 3.63) is 58.3 Å². The number of rotatable bonds is 8. The molecule has 0 saturated heterocycles. The summed E-state index contributed by atoms with van der Waals surface area (Å²) in [5.41, 5.74) is 1.25. The number of benzene rings is 1. The highest BCUT2D eigenvalue weighted by atomic mass is 32.1. The molecule has 2 aromatic rings. The summed E-state index contributed by atoms with van der Waals surface area (Å²) in [5, 5.41) is 5.48. The van der Waals surface area contributed by atoms with Crippen LogP contribution in [0.15, 0.2) is 47.8 Å². The molecular formula is C16H21NOS. The van der Waals surface area contributed by atoms with Crippen LogP contribution in [0.3, 0.4) is 0 Å². The molecule has 1 N–H and O–H groups in total. The number of ether oxygens (including phenoxy) is 1. The molecule has 1 aromatic heterocycles. The lowest BCUT2D eigenvalue weighted by atomic mass is 10.1. The Kier molecular flexibility index (Phi) is 6.08. The van der Waals surface area contributed by atoms with Crippen LogP contribution in [0.2, 0.25) is 0 Å². The summed E-state index contributed by atoms with van der Waals surface area (Å²) in [5.74, 6) is 0. The van der Waals surface area contributed by atoms with Crippen molar-refractivity contribution in [2.75, 3.05) is 19.7 Å². The fraction of sp³-hybridized carbons (Fsp3) is 0.375. The van der Waals surface area contributed by atoms with Crippen molar-refractivity contribution in [3.63, 3.8) is 0 Å². The van der Waals surface area contributed by atoms with E-state index in [0.717, 1.165) is 26.1 Å². The zero-order valence-corrected chi connectivity index (χ0v) is 12.2. The Bertz CT molecular complexity index is 441. The van der Waals surface area contributed by atoms with Gasteiger partial charge in [0.25, 0.3) is 0 Å². The quantitative estimate of drug-likeness (QED) is 0.794. The van der Waals surface area contributed by atoms with Crippen molar-refractivity contribution < 1.29 is 4.74 Å². The maximum atomic E-state index is 6.05. The maximum Gasteiger partial charge on any atom is 0.0949 e. The Labute approximate surface area is 119 Å². The van der Waals surface area contributed by atoms with Gasteiger partial charge in [-0.25, -0.2) is 0 Å². The Balaban J connectivity index is 1.87. The van der Waals surface area contributed by atoms with Crippen molar-refractivity contribution in [2.45, 2.75) is 19.4 Å². The molecule has 0 spiro atoms. The monoisotopic (exact) mass is 275 g/mol. The van der Waals surface area contributed by atoms with Crippen LogP contribution in [0, 0.1) is 0 Å². The summed E-state index contributed by atoms with van der Waals surface area (Å²) in [6.07, 6.45) is 1.13. The lowest BCUT2D eigenvalue weighted by Gasteiger charge is -2.18. The van der Waals surface area contributed by atoms with Gasteiger partial charge in [0.15, 0.2) is 0 Å². The van der Waals surface area contributed by atoms with E-state index in [9.17, 15) is 0 Å². The third-order valence-electron chi connectivity index (χ3n) is 3.00. The van der Waals surface area contributed by atoms with Gasteiger partial charge in [0, 0.05) is 17.8 Å². The van der Waals surface area contributed by atoms with Gasteiger partial charge in [-0.2, -0.15) is 0 Å². The van der Waals surface area contributed by atoms with Crippen LogP contribution >= 0.6 is 11.3 Å². The molecule has 0 aliphatic carbocycles. The molecular weight excluding hydrogens is 254 g/mol. The Hall–Kier alpha value is -1.16. The summed E-state index contributed by atoms with van der Waals surface area (Å²) >= 11 is 1.79. The predicted octanol–water partition coefficient (Wildman–Crippen LogP) is 3.66. The second kappa shape index (κ2) is 8.10. The van der Waals surface area contributed by atoms with E-state index in [1.165, 1.54) is 10.4 Å². The number of nitrogens with one attached hydrogen (secondary N) is 1. The number of thiophene rings is 1. The zero-order chi connectivity index (χ0) is 13.3. The van der Waals surface area contributed by atoms with E-state index in [4.69, 9.17) is 4.74 Å². The molecule has 0 radical (unpaired) electrons. The summed E-state index contributed by atoms with van der Waals surface area (Å²) < 4.78 is 6.05. The number of hydrogen-bond acceptors (Lipinski definition) is 3. The minimum absolute atomic E-state index is 0.140. The third kappa shape index (κ3) is 4.78. The van der Waals surface area contributed by atoms with Crippen molar-refractivity contribution in [3.8, 4) is 0 Å². The van der Waals surface area contributed by atoms with Gasteiger partial charge in [-0.05, 0) is 23.6 Å². The Morgan fingerprint density at radius 3 is 2.68 bits per heavy atom. The molecule has 1 unspecified atom stereocenters. The molecule has 0 fully saturated rings. The van der Waals surface area contributed by atoms with E-state index in [1.807, 2.05) is 6.07 Å². The SMILES string of the molecule is CCNCC(OCCc1cccs1)c1ccccc1. The van der Waals surface area contributed by atoms with Gasteiger partial charge < -0.3 is 10.1 Å². The summed E-state index contributed by atoms with van der Waals surface area (Å²) in [6.45, 7) is 4.72. The number of likely N-dealkylation sites (N-methyl/N-ethyl adjacent to an activating group) is 1. The minimum Gasteiger partial charge on any atom is -0.372 e. The first-order valence-corrected chi connectivity index (χ1v) is 7.67. The molecule has 19 heavy (non-hydrogen) atoms. The molecule has 2 nitrogen and oxygen atoms in total. The van der Waals surface area contributed by atoms with Gasteiger partial charge in [-0.15, -0.1) is 11.3 Å². The lowest BCUT2D eigenvalue weighted by molar-refractivity contribution is 0.0554. The van der Waals surface area contributed by atoms with Crippen molar-refractivity contribution in [1.82, 2.24) is 5.32 Å². The highest BCUT2D eigenvalue weighted by molar-refractivity contribution is 7.09. The molecule has 1 atom stereocenters. The van der Waals surface area contributed by atoms with Gasteiger partial charge in [0.2, 0.25) is 0 Å². The fourth-order valence-corrected chi connectivity index (χ4v) is 2.66. The van der Waals surface area contributed by atoms with Gasteiger partial charge in [0.05, 0.1) is 12.7 Å². The van der Waals surface area contributed by atoms with Crippen molar-refractivity contribution in [1.29, 1.82) is 0 Å². The van der Waals surface area contributed by atoms with E-state index in [2.05, 4.69) is 54.0 Å². The molecule has 0 aliphatic heterocycles. The third-order valence-corrected chi connectivity index (χ3v) is 3.93. The Morgan fingerprint density at radius 2 is 2.00 bits per heavy atom. The average molecular weight is 275 g/mol. The largest absolute Gasteiger partial charge is 0.372 e. The zero-order valence-electron chi connectivity index (χ0n) is 11.3. The fourth-order valence-electron chi connectivity index (χ4n) is 1.97. The highest BCUT2D eigenvalue weighted by Gasteiger charge is 2.10. The molecule has 3 heteroatoms. The highest BCUT2D eigenvalue weighted by Crippen LogP contribution is 2.17. The van der Waals surface area contributed by atoms with Crippen LogP contribution in [0.4, 0.5) is 0 Å². The van der Waals surface area contributed by atoms with Crippen molar-refractivity contribution in [2.24, 2.45) is 0 Å². The lowest BCUT2D eigenvalue weighted by Crippen LogP contribution is -2.23. The summed E-state index contributed by atoms with van der Waals surface area (Å²) in [6, 6.07) is 14.7. The van der Waals surface area contributed by atoms with Crippen LogP contribution in [0.25, 0.3) is 0 Å². The molecule has 0 bridgehead atoms. The first-order valence-electron chi connectivity index (χ1n) is 6.79. The second-order valence-electron chi connectivity index (χ2n) is 4.41. The van der Waals surface area contributed by atoms with Crippen LogP contribution in [-0.2, 0) is 11.2 Å². The van der Waals surface area contributed by atoms with Crippen LogP contribution in [0.1, 0.15) is 23.5 Å². The predicted molar refractivity (Wildman–Crippen MR) is 81.7 cm³/mol. The summed E-state index contributed by atoms with van der Waals surface area (Å²) in [7, 11) is 0. The molecule has 2 rings (SSSR count). The standard InChI is InChI=1S/C16H21NOS/c1-2-17-13-16(14-7-4-3-5-8-14)18-11-10-15-9-6-12-19-15/h3-9,12,16-17H,2,10-11,13H2,1H3. The first kappa shape index (κ1) is 14.3. The normalized spacial score (nSPS) is 12.5. The van der Waals surface area contributed by atoms with Gasteiger partial charge in [-0.3, -0.25) is 0 Å². The smallest absolute Gasteiger partial charge is 0.0949 e. The summed E-state index contributed by atoms with van der Waals surface area (Å²) in [4.78, 5) is 1.38. The van der Waals surface area contributed by atoms with Crippen LogP contribution in [0.5, 0.6) is 0 Å².